The van der Waals surface area contributed by atoms with Crippen LogP contribution in [0.5, 0.6) is 11.5 Å². The van der Waals surface area contributed by atoms with Crippen LogP contribution in [-0.2, 0) is 39.8 Å². The van der Waals surface area contributed by atoms with Gasteiger partial charge in [0.2, 0.25) is 11.8 Å². The molecular weight excluding hydrogens is 658 g/mol. The summed E-state index contributed by atoms with van der Waals surface area (Å²) in [5.74, 6) is -0.225. The number of methoxy groups -OCH3 is 2. The SMILES string of the molecule is COCCCOc1cc(CC(CC2C(CC(C(=O)NCC(C)(C)C(N)=O)C(C)C)OCN2C(=O)OCCOC(=O)C(C)C)C(C)C)ccc1OC. The Bertz CT molecular complexity index is 1270. The third kappa shape index (κ3) is 13.8. The quantitative estimate of drug-likeness (QED) is 0.123. The Balaban J connectivity index is 2.33. The van der Waals surface area contributed by atoms with Crippen molar-refractivity contribution in [3.8, 4) is 11.5 Å². The number of carbonyl (C=O) groups is 4. The first-order valence-electron chi connectivity index (χ1n) is 18.1. The number of nitrogens with zero attached hydrogens (tertiary/aromatic N) is 1. The summed E-state index contributed by atoms with van der Waals surface area (Å²) in [5, 5.41) is 2.92. The van der Waals surface area contributed by atoms with Crippen LogP contribution in [0.4, 0.5) is 4.79 Å². The number of benzene rings is 1. The van der Waals surface area contributed by atoms with E-state index in [9.17, 15) is 19.2 Å². The van der Waals surface area contributed by atoms with Crippen LogP contribution in [0.2, 0.25) is 0 Å². The van der Waals surface area contributed by atoms with Gasteiger partial charge in [0.05, 0.1) is 37.2 Å². The number of nitrogens with one attached hydrogen (secondary N) is 1. The predicted molar refractivity (Wildman–Crippen MR) is 193 cm³/mol. The second kappa shape index (κ2) is 21.1. The lowest BCUT2D eigenvalue weighted by atomic mass is 9.80. The topological polar surface area (TPSA) is 165 Å². The van der Waals surface area contributed by atoms with Crippen molar-refractivity contribution in [1.82, 2.24) is 10.2 Å². The summed E-state index contributed by atoms with van der Waals surface area (Å²) in [5.41, 5.74) is 5.69. The van der Waals surface area contributed by atoms with Crippen LogP contribution < -0.4 is 20.5 Å². The largest absolute Gasteiger partial charge is 0.493 e. The Morgan fingerprint density at radius 2 is 1.63 bits per heavy atom. The normalized spacial score (nSPS) is 17.4. The standard InChI is InChI=1S/C38H63N3O10/c1-24(2)28(18-27-12-13-31(47-10)33(19-27)48-15-11-14-46-9)20-30-32(21-29(25(3)4)34(42)40-22-38(7,8)36(39)44)51-23-41(30)37(45)50-17-16-49-35(43)26(5)6/h12-13,19,24-26,28-30,32H,11,14-18,20-23H2,1-10H3,(H2,39,44)(H,40,42). The number of hydrogen-bond donors (Lipinski definition) is 2. The van der Waals surface area contributed by atoms with Crippen LogP contribution in [-0.4, -0.2) is 94.8 Å². The number of hydrogen-bond acceptors (Lipinski definition) is 10. The molecule has 13 heteroatoms. The van der Waals surface area contributed by atoms with Gasteiger partial charge in [-0.05, 0) is 68.6 Å². The number of esters is 1. The van der Waals surface area contributed by atoms with Gasteiger partial charge in [-0.1, -0.05) is 47.6 Å². The highest BCUT2D eigenvalue weighted by Crippen LogP contribution is 2.36. The molecule has 0 bridgehead atoms. The van der Waals surface area contributed by atoms with Crippen molar-refractivity contribution in [2.24, 2.45) is 40.7 Å². The van der Waals surface area contributed by atoms with Gasteiger partial charge in [0.1, 0.15) is 19.9 Å². The summed E-state index contributed by atoms with van der Waals surface area (Å²) in [7, 11) is 3.27. The van der Waals surface area contributed by atoms with Crippen LogP contribution in [0, 0.1) is 35.0 Å². The van der Waals surface area contributed by atoms with Crippen molar-refractivity contribution in [3.05, 3.63) is 23.8 Å². The van der Waals surface area contributed by atoms with E-state index in [1.807, 2.05) is 32.0 Å². The Morgan fingerprint density at radius 3 is 2.22 bits per heavy atom. The first kappa shape index (κ1) is 43.6. The number of primary amides is 1. The van der Waals surface area contributed by atoms with E-state index in [1.165, 1.54) is 0 Å². The maximum Gasteiger partial charge on any atom is 0.412 e. The Labute approximate surface area is 304 Å². The molecule has 1 aromatic carbocycles. The second-order valence-corrected chi connectivity index (χ2v) is 15.0. The molecule has 1 aromatic rings. The van der Waals surface area contributed by atoms with Crippen molar-refractivity contribution < 1.29 is 47.6 Å². The predicted octanol–water partition coefficient (Wildman–Crippen LogP) is 4.97. The van der Waals surface area contributed by atoms with Crippen molar-refractivity contribution >= 4 is 23.9 Å². The molecular formula is C38H63N3O10. The first-order chi connectivity index (χ1) is 24.0. The summed E-state index contributed by atoms with van der Waals surface area (Å²) < 4.78 is 33.8. The zero-order valence-electron chi connectivity index (χ0n) is 32.5. The minimum Gasteiger partial charge on any atom is -0.493 e. The van der Waals surface area contributed by atoms with Gasteiger partial charge in [-0.2, -0.15) is 0 Å². The fourth-order valence-electron chi connectivity index (χ4n) is 5.81. The lowest BCUT2D eigenvalue weighted by Gasteiger charge is -2.33. The molecule has 51 heavy (non-hydrogen) atoms. The van der Waals surface area contributed by atoms with Crippen molar-refractivity contribution in [3.63, 3.8) is 0 Å². The third-order valence-corrected chi connectivity index (χ3v) is 9.48. The van der Waals surface area contributed by atoms with Crippen molar-refractivity contribution in [2.75, 3.05) is 53.9 Å². The lowest BCUT2D eigenvalue weighted by molar-refractivity contribution is -0.148. The average molecular weight is 722 g/mol. The van der Waals surface area contributed by atoms with Gasteiger partial charge in [0.25, 0.3) is 0 Å². The third-order valence-electron chi connectivity index (χ3n) is 9.48. The molecule has 290 valence electrons. The molecule has 4 atom stereocenters. The number of carbonyl (C=O) groups excluding carboxylic acids is 4. The minimum atomic E-state index is -0.908. The summed E-state index contributed by atoms with van der Waals surface area (Å²) in [6.07, 6.45) is 1.34. The van der Waals surface area contributed by atoms with Crippen molar-refractivity contribution in [2.45, 2.75) is 93.2 Å². The molecule has 13 nitrogen and oxygen atoms in total. The maximum atomic E-state index is 13.5. The highest BCUT2D eigenvalue weighted by molar-refractivity contribution is 5.83. The van der Waals surface area contributed by atoms with E-state index in [-0.39, 0.29) is 62.0 Å². The monoisotopic (exact) mass is 721 g/mol. The Morgan fingerprint density at radius 1 is 0.941 bits per heavy atom. The van der Waals surface area contributed by atoms with E-state index >= 15 is 0 Å². The van der Waals surface area contributed by atoms with Gasteiger partial charge in [-0.3, -0.25) is 19.3 Å². The molecule has 3 N–H and O–H groups in total. The van der Waals surface area contributed by atoms with E-state index in [0.29, 0.717) is 44.0 Å². The van der Waals surface area contributed by atoms with Crippen LogP contribution in [0.1, 0.15) is 80.2 Å². The van der Waals surface area contributed by atoms with Gasteiger partial charge < -0.3 is 39.5 Å². The summed E-state index contributed by atoms with van der Waals surface area (Å²) >= 11 is 0. The van der Waals surface area contributed by atoms with Crippen LogP contribution in [0.25, 0.3) is 0 Å². The molecule has 3 amide bonds. The van der Waals surface area contributed by atoms with Gasteiger partial charge in [0.15, 0.2) is 11.5 Å². The fraction of sp³-hybridized carbons (Fsp3) is 0.737. The smallest absolute Gasteiger partial charge is 0.412 e. The molecule has 0 aromatic heterocycles. The fourth-order valence-corrected chi connectivity index (χ4v) is 5.81. The molecule has 4 unspecified atom stereocenters. The molecule has 1 aliphatic heterocycles. The summed E-state index contributed by atoms with van der Waals surface area (Å²) in [6, 6.07) is 5.53. The lowest BCUT2D eigenvalue weighted by Crippen LogP contribution is -2.47. The molecule has 0 saturated carbocycles. The van der Waals surface area contributed by atoms with E-state index in [1.54, 1.807) is 46.8 Å². The van der Waals surface area contributed by atoms with Gasteiger partial charge in [-0.25, -0.2) is 4.79 Å². The van der Waals surface area contributed by atoms with Crippen LogP contribution in [0.3, 0.4) is 0 Å². The van der Waals surface area contributed by atoms with E-state index in [4.69, 9.17) is 34.2 Å². The molecule has 0 aliphatic carbocycles. The molecule has 1 aliphatic rings. The van der Waals surface area contributed by atoms with Gasteiger partial charge in [-0.15, -0.1) is 0 Å². The molecule has 1 saturated heterocycles. The molecule has 1 heterocycles. The van der Waals surface area contributed by atoms with E-state index < -0.39 is 35.5 Å². The van der Waals surface area contributed by atoms with E-state index in [2.05, 4.69) is 19.2 Å². The highest BCUT2D eigenvalue weighted by atomic mass is 16.6. The zero-order chi connectivity index (χ0) is 38.3. The number of nitrogens with two attached hydrogens (primary N) is 1. The second-order valence-electron chi connectivity index (χ2n) is 15.0. The maximum absolute atomic E-state index is 13.5. The zero-order valence-corrected chi connectivity index (χ0v) is 32.5. The molecule has 0 spiro atoms. The van der Waals surface area contributed by atoms with Crippen LogP contribution >= 0.6 is 0 Å². The first-order valence-corrected chi connectivity index (χ1v) is 18.1. The summed E-state index contributed by atoms with van der Waals surface area (Å²) in [6.45, 7) is 16.1. The number of amides is 3. The van der Waals surface area contributed by atoms with Crippen molar-refractivity contribution in [1.29, 1.82) is 0 Å². The van der Waals surface area contributed by atoms with Gasteiger partial charge in [0, 0.05) is 32.6 Å². The Kier molecular flexibility index (Phi) is 18.0. The van der Waals surface area contributed by atoms with Crippen LogP contribution in [0.15, 0.2) is 18.2 Å². The van der Waals surface area contributed by atoms with Gasteiger partial charge >= 0.3 is 12.1 Å². The van der Waals surface area contributed by atoms with E-state index in [0.717, 1.165) is 12.0 Å². The summed E-state index contributed by atoms with van der Waals surface area (Å²) in [4.78, 5) is 52.4. The minimum absolute atomic E-state index is 0.00605. The molecule has 1 fully saturated rings. The average Bonchev–Trinajstić information content (AvgIpc) is 3.47. The molecule has 2 rings (SSSR count). The molecule has 0 radical (unpaired) electrons. The highest BCUT2D eigenvalue weighted by Gasteiger charge is 2.43. The number of ether oxygens (including phenoxy) is 6. The number of rotatable bonds is 22. The Hall–Kier alpha value is -3.58.